The smallest absolute Gasteiger partial charge is 0.161 e. The molecule has 2 N–H and O–H groups in total. The average molecular weight is 284 g/mol. The van der Waals surface area contributed by atoms with Gasteiger partial charge in [-0.05, 0) is 54.6 Å². The van der Waals surface area contributed by atoms with E-state index in [1.807, 2.05) is 12.1 Å². The summed E-state index contributed by atoms with van der Waals surface area (Å²) in [4.78, 5) is 0. The lowest BCUT2D eigenvalue weighted by Gasteiger charge is -2.56. The molecule has 0 amide bonds. The van der Waals surface area contributed by atoms with Gasteiger partial charge in [-0.1, -0.05) is 37.6 Å². The average Bonchev–Trinajstić information content (AvgIpc) is 2.47. The van der Waals surface area contributed by atoms with Gasteiger partial charge in [0.05, 0.1) is 0 Å². The van der Waals surface area contributed by atoms with Crippen LogP contribution in [0, 0.1) is 17.3 Å². The number of fused-ring (bicyclic) bond motifs is 1. The van der Waals surface area contributed by atoms with Crippen molar-refractivity contribution >= 4 is 0 Å². The lowest BCUT2D eigenvalue weighted by molar-refractivity contribution is -0.00748. The predicted molar refractivity (Wildman–Crippen MR) is 85.5 cm³/mol. The second-order valence-electron chi connectivity index (χ2n) is 7.06. The highest BCUT2D eigenvalue weighted by molar-refractivity contribution is 5.51. The molecule has 2 bridgehead atoms. The van der Waals surface area contributed by atoms with Crippen LogP contribution in [0.5, 0.6) is 11.5 Å². The molecule has 112 valence electrons. The van der Waals surface area contributed by atoms with Gasteiger partial charge in [0, 0.05) is 5.56 Å². The molecule has 2 heteroatoms. The minimum Gasteiger partial charge on any atom is -0.504 e. The van der Waals surface area contributed by atoms with Gasteiger partial charge in [0.15, 0.2) is 11.5 Å². The van der Waals surface area contributed by atoms with E-state index in [4.69, 9.17) is 0 Å². The number of phenols is 2. The van der Waals surface area contributed by atoms with E-state index < -0.39 is 0 Å². The Bertz CT molecular complexity index is 610. The Balaban J connectivity index is 1.93. The first kappa shape index (κ1) is 14.2. The minimum atomic E-state index is -0.0278. The molecule has 1 aromatic carbocycles. The summed E-state index contributed by atoms with van der Waals surface area (Å²) in [5.74, 6) is 1.45. The van der Waals surface area contributed by atoms with E-state index in [1.54, 1.807) is 6.07 Å². The zero-order valence-corrected chi connectivity index (χ0v) is 12.9. The van der Waals surface area contributed by atoms with E-state index in [2.05, 4.69) is 26.5 Å². The van der Waals surface area contributed by atoms with Crippen LogP contribution in [0.1, 0.15) is 37.8 Å². The number of aromatic hydroxyl groups is 2. The molecule has 0 aliphatic heterocycles. The largest absolute Gasteiger partial charge is 0.504 e. The fourth-order valence-electron chi connectivity index (χ4n) is 4.09. The van der Waals surface area contributed by atoms with Gasteiger partial charge in [0.25, 0.3) is 0 Å². The minimum absolute atomic E-state index is 0.0278. The Morgan fingerprint density at radius 2 is 2.10 bits per heavy atom. The standard InChI is InChI=1S/C19H24O2/c1-4-5-12-7-9-17(20)18(21)15(12)10-13-6-8-14-11-16(13)19(14,2)3/h4,6-7,9,14,16,20-21H,1,5,8,10-11H2,2-3H3/t14-,16-/m1/s1. The third-order valence-corrected chi connectivity index (χ3v) is 5.69. The van der Waals surface area contributed by atoms with Crippen LogP contribution in [-0.2, 0) is 12.8 Å². The van der Waals surface area contributed by atoms with Crippen molar-refractivity contribution in [3.63, 3.8) is 0 Å². The van der Waals surface area contributed by atoms with Crippen LogP contribution in [0.25, 0.3) is 0 Å². The van der Waals surface area contributed by atoms with Crippen molar-refractivity contribution < 1.29 is 10.2 Å². The van der Waals surface area contributed by atoms with Gasteiger partial charge in [0.2, 0.25) is 0 Å². The number of hydrogen-bond donors (Lipinski definition) is 2. The van der Waals surface area contributed by atoms with Crippen molar-refractivity contribution in [2.24, 2.45) is 17.3 Å². The molecule has 3 aliphatic rings. The van der Waals surface area contributed by atoms with E-state index in [0.29, 0.717) is 17.8 Å². The highest BCUT2D eigenvalue weighted by atomic mass is 16.3. The number of phenolic OH excluding ortho intramolecular Hbond substituents is 2. The highest BCUT2D eigenvalue weighted by Gasteiger charge is 2.50. The first-order valence-corrected chi connectivity index (χ1v) is 7.77. The third kappa shape index (κ3) is 2.17. The molecule has 0 unspecified atom stereocenters. The van der Waals surface area contributed by atoms with E-state index in [9.17, 15) is 10.2 Å². The van der Waals surface area contributed by atoms with Gasteiger partial charge < -0.3 is 10.2 Å². The molecule has 2 atom stereocenters. The van der Waals surface area contributed by atoms with Gasteiger partial charge in [0.1, 0.15) is 0 Å². The summed E-state index contributed by atoms with van der Waals surface area (Å²) in [7, 11) is 0. The summed E-state index contributed by atoms with van der Waals surface area (Å²) in [5.41, 5.74) is 3.73. The van der Waals surface area contributed by atoms with Gasteiger partial charge >= 0.3 is 0 Å². The molecular formula is C19H24O2. The van der Waals surface area contributed by atoms with Crippen molar-refractivity contribution in [3.05, 3.63) is 47.6 Å². The Morgan fingerprint density at radius 3 is 2.71 bits per heavy atom. The van der Waals surface area contributed by atoms with Gasteiger partial charge in [-0.3, -0.25) is 0 Å². The quantitative estimate of drug-likeness (QED) is 0.637. The number of benzene rings is 1. The van der Waals surface area contributed by atoms with E-state index in [0.717, 1.165) is 29.9 Å². The lowest BCUT2D eigenvalue weighted by Crippen LogP contribution is -2.48. The lowest BCUT2D eigenvalue weighted by atomic mass is 9.48. The predicted octanol–water partition coefficient (Wildman–Crippen LogP) is 4.36. The van der Waals surface area contributed by atoms with Crippen molar-refractivity contribution in [2.75, 3.05) is 0 Å². The summed E-state index contributed by atoms with van der Waals surface area (Å²) in [6.07, 6.45) is 8.07. The van der Waals surface area contributed by atoms with Crippen LogP contribution in [0.15, 0.2) is 36.4 Å². The number of allylic oxidation sites excluding steroid dienone is 3. The maximum Gasteiger partial charge on any atom is 0.161 e. The third-order valence-electron chi connectivity index (χ3n) is 5.69. The maximum atomic E-state index is 10.3. The van der Waals surface area contributed by atoms with Crippen LogP contribution in [0.3, 0.4) is 0 Å². The fraction of sp³-hybridized carbons (Fsp3) is 0.474. The van der Waals surface area contributed by atoms with Gasteiger partial charge in [-0.2, -0.15) is 0 Å². The summed E-state index contributed by atoms with van der Waals surface area (Å²) < 4.78 is 0. The first-order chi connectivity index (χ1) is 9.95. The van der Waals surface area contributed by atoms with E-state index in [-0.39, 0.29) is 11.5 Å². The molecule has 3 aliphatic carbocycles. The molecule has 1 fully saturated rings. The molecule has 1 aromatic rings. The molecule has 0 spiro atoms. The fourth-order valence-corrected chi connectivity index (χ4v) is 4.09. The molecule has 0 saturated heterocycles. The summed E-state index contributed by atoms with van der Waals surface area (Å²) in [6.45, 7) is 8.49. The van der Waals surface area contributed by atoms with Crippen LogP contribution in [-0.4, -0.2) is 10.2 Å². The number of rotatable bonds is 4. The number of hydrogen-bond acceptors (Lipinski definition) is 2. The molecule has 21 heavy (non-hydrogen) atoms. The zero-order valence-electron chi connectivity index (χ0n) is 12.9. The summed E-state index contributed by atoms with van der Waals surface area (Å²) >= 11 is 0. The Morgan fingerprint density at radius 1 is 1.33 bits per heavy atom. The topological polar surface area (TPSA) is 40.5 Å². The monoisotopic (exact) mass is 284 g/mol. The second kappa shape index (κ2) is 4.94. The molecule has 0 radical (unpaired) electrons. The Labute approximate surface area is 126 Å². The van der Waals surface area contributed by atoms with Crippen molar-refractivity contribution in [1.29, 1.82) is 0 Å². The molecule has 4 rings (SSSR count). The van der Waals surface area contributed by atoms with Crippen LogP contribution in [0.4, 0.5) is 0 Å². The molecule has 0 aromatic heterocycles. The first-order valence-electron chi connectivity index (χ1n) is 7.77. The molecule has 0 heterocycles. The van der Waals surface area contributed by atoms with E-state index in [1.165, 1.54) is 12.0 Å². The van der Waals surface area contributed by atoms with Gasteiger partial charge in [-0.15, -0.1) is 6.58 Å². The van der Waals surface area contributed by atoms with Crippen molar-refractivity contribution in [2.45, 2.75) is 39.5 Å². The Hall–Kier alpha value is -1.70. The molecule has 1 saturated carbocycles. The maximum absolute atomic E-state index is 10.3. The van der Waals surface area contributed by atoms with E-state index >= 15 is 0 Å². The normalized spacial score (nSPS) is 25.9. The van der Waals surface area contributed by atoms with Crippen LogP contribution >= 0.6 is 0 Å². The SMILES string of the molecule is C=CCc1ccc(O)c(O)c1CC1=CC[C@@H]2C[C@H]1C2(C)C. The molecular weight excluding hydrogens is 260 g/mol. The zero-order chi connectivity index (χ0) is 15.2. The Kier molecular flexibility index (Phi) is 3.35. The summed E-state index contributed by atoms with van der Waals surface area (Å²) in [5, 5.41) is 20.1. The summed E-state index contributed by atoms with van der Waals surface area (Å²) in [6, 6.07) is 3.46. The van der Waals surface area contributed by atoms with Crippen LogP contribution < -0.4 is 0 Å². The van der Waals surface area contributed by atoms with Crippen LogP contribution in [0.2, 0.25) is 0 Å². The highest BCUT2D eigenvalue weighted by Crippen LogP contribution is 2.59. The van der Waals surface area contributed by atoms with Crippen molar-refractivity contribution in [1.82, 2.24) is 0 Å². The second-order valence-corrected chi connectivity index (χ2v) is 7.06. The van der Waals surface area contributed by atoms with Crippen molar-refractivity contribution in [3.8, 4) is 11.5 Å². The molecule has 2 nitrogen and oxygen atoms in total. The van der Waals surface area contributed by atoms with Gasteiger partial charge in [-0.25, -0.2) is 0 Å².